The molecule has 0 N–H and O–H groups in total. The van der Waals surface area contributed by atoms with Crippen molar-refractivity contribution in [1.82, 2.24) is 0 Å². The number of ketones is 1. The standard InChI is InChI=1S/C11H10BrNOS/c12-10-4-2-9(3-5-10)11(14)8-15-7-1-6-13/h2-5H,1,7-8H2. The Kier molecular flexibility index (Phi) is 5.44. The third kappa shape index (κ3) is 4.50. The SMILES string of the molecule is N#CCCSCC(=O)c1ccc(Br)cc1. The molecule has 78 valence electrons. The monoisotopic (exact) mass is 283 g/mol. The molecule has 1 aromatic carbocycles. The van der Waals surface area contributed by atoms with Crippen LogP contribution in [0.15, 0.2) is 28.7 Å². The van der Waals surface area contributed by atoms with Gasteiger partial charge in [-0.3, -0.25) is 4.79 Å². The van der Waals surface area contributed by atoms with Crippen molar-refractivity contribution in [2.45, 2.75) is 6.42 Å². The van der Waals surface area contributed by atoms with Crippen LogP contribution in [0.2, 0.25) is 0 Å². The maximum atomic E-state index is 11.6. The maximum absolute atomic E-state index is 11.6. The normalized spacial score (nSPS) is 9.60. The lowest BCUT2D eigenvalue weighted by molar-refractivity contribution is 0.102. The first kappa shape index (κ1) is 12.3. The number of hydrogen-bond acceptors (Lipinski definition) is 3. The van der Waals surface area contributed by atoms with Crippen molar-refractivity contribution in [3.8, 4) is 6.07 Å². The van der Waals surface area contributed by atoms with Gasteiger partial charge in [0.25, 0.3) is 0 Å². The van der Waals surface area contributed by atoms with Gasteiger partial charge in [0.05, 0.1) is 11.8 Å². The Morgan fingerprint density at radius 1 is 1.40 bits per heavy atom. The quantitative estimate of drug-likeness (QED) is 0.615. The zero-order chi connectivity index (χ0) is 11.1. The molecule has 1 aromatic rings. The fourth-order valence-corrected chi connectivity index (χ4v) is 2.00. The smallest absolute Gasteiger partial charge is 0.172 e. The Morgan fingerprint density at radius 3 is 2.67 bits per heavy atom. The summed E-state index contributed by atoms with van der Waals surface area (Å²) in [5.74, 6) is 1.28. The lowest BCUT2D eigenvalue weighted by Crippen LogP contribution is -2.02. The van der Waals surface area contributed by atoms with Crippen molar-refractivity contribution in [3.05, 3.63) is 34.3 Å². The Labute approximate surface area is 102 Å². The van der Waals surface area contributed by atoms with Crippen molar-refractivity contribution < 1.29 is 4.79 Å². The van der Waals surface area contributed by atoms with E-state index >= 15 is 0 Å². The Balaban J connectivity index is 2.41. The molecule has 0 saturated carbocycles. The van der Waals surface area contributed by atoms with E-state index in [0.29, 0.717) is 12.2 Å². The van der Waals surface area contributed by atoms with Gasteiger partial charge < -0.3 is 0 Å². The number of benzene rings is 1. The maximum Gasteiger partial charge on any atom is 0.172 e. The van der Waals surface area contributed by atoms with E-state index in [-0.39, 0.29) is 5.78 Å². The molecule has 4 heteroatoms. The average molecular weight is 284 g/mol. The van der Waals surface area contributed by atoms with Crippen molar-refractivity contribution in [2.75, 3.05) is 11.5 Å². The van der Waals surface area contributed by atoms with Crippen LogP contribution in [0, 0.1) is 11.3 Å². The Morgan fingerprint density at radius 2 is 2.07 bits per heavy atom. The van der Waals surface area contributed by atoms with Crippen molar-refractivity contribution >= 4 is 33.5 Å². The van der Waals surface area contributed by atoms with Gasteiger partial charge in [-0.2, -0.15) is 17.0 Å². The van der Waals surface area contributed by atoms with Crippen LogP contribution < -0.4 is 0 Å². The molecule has 15 heavy (non-hydrogen) atoms. The first-order valence-electron chi connectivity index (χ1n) is 4.47. The van der Waals surface area contributed by atoms with Crippen molar-refractivity contribution in [1.29, 1.82) is 5.26 Å². The minimum atomic E-state index is 0.116. The second-order valence-electron chi connectivity index (χ2n) is 2.89. The van der Waals surface area contributed by atoms with E-state index in [2.05, 4.69) is 22.0 Å². The highest BCUT2D eigenvalue weighted by molar-refractivity contribution is 9.10. The molecule has 0 spiro atoms. The molecular formula is C11H10BrNOS. The van der Waals surface area contributed by atoms with Crippen LogP contribution in [-0.2, 0) is 0 Å². The number of carbonyl (C=O) groups is 1. The molecule has 0 aliphatic heterocycles. The summed E-state index contributed by atoms with van der Waals surface area (Å²) >= 11 is 4.82. The molecule has 0 amide bonds. The van der Waals surface area contributed by atoms with Crippen LogP contribution in [-0.4, -0.2) is 17.3 Å². The average Bonchev–Trinajstić information content (AvgIpc) is 2.25. The van der Waals surface area contributed by atoms with Crippen LogP contribution in [0.1, 0.15) is 16.8 Å². The summed E-state index contributed by atoms with van der Waals surface area (Å²) < 4.78 is 0.969. The largest absolute Gasteiger partial charge is 0.293 e. The van der Waals surface area contributed by atoms with E-state index in [4.69, 9.17) is 5.26 Å². The summed E-state index contributed by atoms with van der Waals surface area (Å²) in [5.41, 5.74) is 0.725. The molecule has 0 aliphatic rings. The zero-order valence-corrected chi connectivity index (χ0v) is 10.5. The van der Waals surface area contributed by atoms with E-state index in [0.717, 1.165) is 15.8 Å². The zero-order valence-electron chi connectivity index (χ0n) is 8.07. The molecule has 0 fully saturated rings. The molecule has 0 radical (unpaired) electrons. The molecule has 0 unspecified atom stereocenters. The number of hydrogen-bond donors (Lipinski definition) is 0. The van der Waals surface area contributed by atoms with Crippen LogP contribution >= 0.6 is 27.7 Å². The first-order chi connectivity index (χ1) is 7.24. The van der Waals surface area contributed by atoms with E-state index in [9.17, 15) is 4.79 Å². The van der Waals surface area contributed by atoms with Gasteiger partial charge in [-0.05, 0) is 12.1 Å². The van der Waals surface area contributed by atoms with Crippen molar-refractivity contribution in [3.63, 3.8) is 0 Å². The summed E-state index contributed by atoms with van der Waals surface area (Å²) in [6.07, 6.45) is 0.498. The molecule has 2 nitrogen and oxygen atoms in total. The first-order valence-corrected chi connectivity index (χ1v) is 6.42. The van der Waals surface area contributed by atoms with Gasteiger partial charge in [0.15, 0.2) is 5.78 Å². The fraction of sp³-hybridized carbons (Fsp3) is 0.273. The molecular weight excluding hydrogens is 274 g/mol. The van der Waals surface area contributed by atoms with Gasteiger partial charge in [0.1, 0.15) is 0 Å². The van der Waals surface area contributed by atoms with Gasteiger partial charge in [-0.25, -0.2) is 0 Å². The summed E-state index contributed by atoms with van der Waals surface area (Å²) in [7, 11) is 0. The lowest BCUT2D eigenvalue weighted by Gasteiger charge is -1.99. The van der Waals surface area contributed by atoms with Gasteiger partial charge >= 0.3 is 0 Å². The Bertz CT molecular complexity index is 369. The molecule has 0 saturated heterocycles. The molecule has 0 bridgehead atoms. The lowest BCUT2D eigenvalue weighted by atomic mass is 10.2. The summed E-state index contributed by atoms with van der Waals surface area (Å²) in [6.45, 7) is 0. The number of thioether (sulfide) groups is 1. The third-order valence-electron chi connectivity index (χ3n) is 1.76. The number of halogens is 1. The van der Waals surface area contributed by atoms with Gasteiger partial charge in [-0.1, -0.05) is 28.1 Å². The summed E-state index contributed by atoms with van der Waals surface area (Å²) in [6, 6.07) is 9.36. The topological polar surface area (TPSA) is 40.9 Å². The summed E-state index contributed by atoms with van der Waals surface area (Å²) in [5, 5.41) is 8.33. The number of Topliss-reactive ketones (excluding diaryl/α,β-unsaturated/α-hetero) is 1. The number of carbonyl (C=O) groups excluding carboxylic acids is 1. The predicted molar refractivity (Wildman–Crippen MR) is 66.0 cm³/mol. The minimum absolute atomic E-state index is 0.116. The highest BCUT2D eigenvalue weighted by Crippen LogP contribution is 2.13. The van der Waals surface area contributed by atoms with Gasteiger partial charge in [0.2, 0.25) is 0 Å². The van der Waals surface area contributed by atoms with Crippen LogP contribution in [0.5, 0.6) is 0 Å². The molecule has 0 atom stereocenters. The van der Waals surface area contributed by atoms with Crippen LogP contribution in [0.3, 0.4) is 0 Å². The second-order valence-corrected chi connectivity index (χ2v) is 4.91. The molecule has 1 rings (SSSR count). The van der Waals surface area contributed by atoms with E-state index in [1.54, 1.807) is 12.1 Å². The van der Waals surface area contributed by atoms with E-state index in [1.165, 1.54) is 11.8 Å². The second kappa shape index (κ2) is 6.65. The highest BCUT2D eigenvalue weighted by atomic mass is 79.9. The fourth-order valence-electron chi connectivity index (χ4n) is 1.00. The molecule has 0 aliphatic carbocycles. The van der Waals surface area contributed by atoms with E-state index in [1.807, 2.05) is 12.1 Å². The Hall–Kier alpha value is -0.790. The van der Waals surface area contributed by atoms with Gasteiger partial charge in [0, 0.05) is 22.2 Å². The minimum Gasteiger partial charge on any atom is -0.293 e. The predicted octanol–water partition coefficient (Wildman–Crippen LogP) is 3.28. The highest BCUT2D eigenvalue weighted by Gasteiger charge is 2.04. The number of nitriles is 1. The number of nitrogens with zero attached hydrogens (tertiary/aromatic N) is 1. The van der Waals surface area contributed by atoms with Crippen LogP contribution in [0.25, 0.3) is 0 Å². The summed E-state index contributed by atoms with van der Waals surface area (Å²) in [4.78, 5) is 11.6. The van der Waals surface area contributed by atoms with Crippen LogP contribution in [0.4, 0.5) is 0 Å². The van der Waals surface area contributed by atoms with Gasteiger partial charge in [-0.15, -0.1) is 0 Å². The van der Waals surface area contributed by atoms with E-state index < -0.39 is 0 Å². The number of rotatable bonds is 5. The molecule has 0 heterocycles. The molecule has 0 aromatic heterocycles. The third-order valence-corrected chi connectivity index (χ3v) is 3.25. The van der Waals surface area contributed by atoms with Crippen molar-refractivity contribution in [2.24, 2.45) is 0 Å².